The fraction of sp³-hybridized carbons (Fsp3) is 0.421. The first kappa shape index (κ1) is 16.4. The predicted octanol–water partition coefficient (Wildman–Crippen LogP) is 3.58. The van der Waals surface area contributed by atoms with Crippen LogP contribution in [0.25, 0.3) is 0 Å². The van der Waals surface area contributed by atoms with E-state index in [0.717, 1.165) is 48.7 Å². The second-order valence-corrected chi connectivity index (χ2v) is 6.71. The Labute approximate surface area is 143 Å². The molecule has 5 heteroatoms. The number of carbonyl (C=O) groups is 1. The summed E-state index contributed by atoms with van der Waals surface area (Å²) in [7, 11) is 0. The zero-order valence-electron chi connectivity index (χ0n) is 14.5. The minimum atomic E-state index is -0.178. The lowest BCUT2D eigenvalue weighted by molar-refractivity contribution is 0.102. The van der Waals surface area contributed by atoms with Crippen LogP contribution in [0.15, 0.2) is 30.6 Å². The van der Waals surface area contributed by atoms with Gasteiger partial charge >= 0.3 is 0 Å². The van der Waals surface area contributed by atoms with Crippen molar-refractivity contribution in [3.8, 4) is 0 Å². The highest BCUT2D eigenvalue weighted by molar-refractivity contribution is 6.04. The maximum atomic E-state index is 12.4. The van der Waals surface area contributed by atoms with Gasteiger partial charge in [-0.1, -0.05) is 19.1 Å². The molecule has 1 fully saturated rings. The number of carbonyl (C=O) groups excluding carboxylic acids is 1. The number of aromatic nitrogens is 2. The second-order valence-electron chi connectivity index (χ2n) is 6.71. The van der Waals surface area contributed by atoms with Gasteiger partial charge in [0.1, 0.15) is 0 Å². The lowest BCUT2D eigenvalue weighted by Crippen LogP contribution is -2.34. The van der Waals surface area contributed by atoms with Crippen molar-refractivity contribution in [1.82, 2.24) is 9.97 Å². The highest BCUT2D eigenvalue weighted by Gasteiger charge is 2.18. The molecule has 0 radical (unpaired) electrons. The van der Waals surface area contributed by atoms with Crippen molar-refractivity contribution in [2.75, 3.05) is 23.3 Å². The lowest BCUT2D eigenvalue weighted by Gasteiger charge is -2.30. The maximum Gasteiger partial charge on any atom is 0.258 e. The molecule has 1 aromatic heterocycles. The SMILES string of the molecule is Cc1ccc(C)c(NC(=O)c2cnc(N3CCC(C)CC3)nc2)c1. The van der Waals surface area contributed by atoms with E-state index < -0.39 is 0 Å². The fourth-order valence-corrected chi connectivity index (χ4v) is 2.88. The second kappa shape index (κ2) is 6.99. The van der Waals surface area contributed by atoms with Crippen molar-refractivity contribution in [1.29, 1.82) is 0 Å². The molecule has 3 rings (SSSR count). The van der Waals surface area contributed by atoms with E-state index in [1.165, 1.54) is 0 Å². The molecule has 0 saturated carbocycles. The largest absolute Gasteiger partial charge is 0.341 e. The van der Waals surface area contributed by atoms with Crippen LogP contribution in [-0.4, -0.2) is 29.0 Å². The molecule has 0 atom stereocenters. The Kier molecular flexibility index (Phi) is 4.79. The molecule has 2 heterocycles. The van der Waals surface area contributed by atoms with Gasteiger partial charge in [-0.15, -0.1) is 0 Å². The zero-order chi connectivity index (χ0) is 17.1. The summed E-state index contributed by atoms with van der Waals surface area (Å²) in [6.07, 6.45) is 5.55. The van der Waals surface area contributed by atoms with Gasteiger partial charge in [0.15, 0.2) is 0 Å². The van der Waals surface area contributed by atoms with Gasteiger partial charge in [-0.2, -0.15) is 0 Å². The zero-order valence-corrected chi connectivity index (χ0v) is 14.5. The molecule has 5 nitrogen and oxygen atoms in total. The average Bonchev–Trinajstić information content (AvgIpc) is 2.59. The third-order valence-electron chi connectivity index (χ3n) is 4.61. The van der Waals surface area contributed by atoms with Crippen LogP contribution in [0.4, 0.5) is 11.6 Å². The molecular formula is C19H24N4O. The molecule has 1 aliphatic rings. The van der Waals surface area contributed by atoms with Crippen molar-refractivity contribution < 1.29 is 4.79 Å². The monoisotopic (exact) mass is 324 g/mol. The fourth-order valence-electron chi connectivity index (χ4n) is 2.88. The van der Waals surface area contributed by atoms with Gasteiger partial charge in [-0.3, -0.25) is 4.79 Å². The van der Waals surface area contributed by atoms with Gasteiger partial charge < -0.3 is 10.2 Å². The van der Waals surface area contributed by atoms with Crippen molar-refractivity contribution in [2.45, 2.75) is 33.6 Å². The molecule has 126 valence electrons. The molecule has 0 aliphatic carbocycles. The van der Waals surface area contributed by atoms with Crippen LogP contribution >= 0.6 is 0 Å². The molecule has 1 amide bonds. The molecule has 0 bridgehead atoms. The minimum Gasteiger partial charge on any atom is -0.341 e. The number of hydrogen-bond acceptors (Lipinski definition) is 4. The Morgan fingerprint density at radius 3 is 2.50 bits per heavy atom. The van der Waals surface area contributed by atoms with Crippen molar-refractivity contribution >= 4 is 17.5 Å². The van der Waals surface area contributed by atoms with Gasteiger partial charge in [-0.25, -0.2) is 9.97 Å². The standard InChI is InChI=1S/C19H24N4O/c1-13-6-8-23(9-7-13)19-20-11-16(12-21-19)18(24)22-17-10-14(2)4-5-15(17)3/h4-5,10-13H,6-9H2,1-3H3,(H,22,24). The summed E-state index contributed by atoms with van der Waals surface area (Å²) in [4.78, 5) is 23.4. The Morgan fingerprint density at radius 2 is 1.83 bits per heavy atom. The third-order valence-corrected chi connectivity index (χ3v) is 4.61. The number of aryl methyl sites for hydroxylation is 2. The summed E-state index contributed by atoms with van der Waals surface area (Å²) in [6.45, 7) is 8.22. The van der Waals surface area contributed by atoms with E-state index in [1.807, 2.05) is 32.0 Å². The smallest absolute Gasteiger partial charge is 0.258 e. The normalized spacial score (nSPS) is 15.4. The molecule has 0 spiro atoms. The molecular weight excluding hydrogens is 300 g/mol. The van der Waals surface area contributed by atoms with E-state index in [-0.39, 0.29) is 5.91 Å². The topological polar surface area (TPSA) is 58.1 Å². The number of amides is 1. The first-order chi connectivity index (χ1) is 11.5. The molecule has 24 heavy (non-hydrogen) atoms. The van der Waals surface area contributed by atoms with E-state index in [2.05, 4.69) is 27.1 Å². The highest BCUT2D eigenvalue weighted by Crippen LogP contribution is 2.20. The van der Waals surface area contributed by atoms with E-state index >= 15 is 0 Å². The van der Waals surface area contributed by atoms with E-state index in [4.69, 9.17) is 0 Å². The van der Waals surface area contributed by atoms with Crippen LogP contribution < -0.4 is 10.2 Å². The number of nitrogens with zero attached hydrogens (tertiary/aromatic N) is 3. The number of piperidine rings is 1. The van der Waals surface area contributed by atoms with Crippen molar-refractivity contribution in [3.05, 3.63) is 47.3 Å². The number of hydrogen-bond donors (Lipinski definition) is 1. The van der Waals surface area contributed by atoms with Gasteiger partial charge in [0.2, 0.25) is 5.95 Å². The molecule has 0 unspecified atom stereocenters. The van der Waals surface area contributed by atoms with E-state index in [1.54, 1.807) is 12.4 Å². The molecule has 1 aromatic carbocycles. The first-order valence-electron chi connectivity index (χ1n) is 8.48. The Bertz CT molecular complexity index is 719. The van der Waals surface area contributed by atoms with E-state index in [0.29, 0.717) is 11.5 Å². The van der Waals surface area contributed by atoms with Gasteiger partial charge in [0.05, 0.1) is 5.56 Å². The Hall–Kier alpha value is -2.43. The van der Waals surface area contributed by atoms with E-state index in [9.17, 15) is 4.79 Å². The predicted molar refractivity (Wildman–Crippen MR) is 96.5 cm³/mol. The molecule has 1 N–H and O–H groups in total. The first-order valence-corrected chi connectivity index (χ1v) is 8.48. The highest BCUT2D eigenvalue weighted by atomic mass is 16.1. The summed E-state index contributed by atoms with van der Waals surface area (Å²) in [5.74, 6) is 1.30. The minimum absolute atomic E-state index is 0.178. The molecule has 2 aromatic rings. The number of anilines is 2. The Morgan fingerprint density at radius 1 is 1.17 bits per heavy atom. The summed E-state index contributed by atoms with van der Waals surface area (Å²) in [5.41, 5.74) is 3.45. The van der Waals surface area contributed by atoms with Crippen molar-refractivity contribution in [2.24, 2.45) is 5.92 Å². The number of benzene rings is 1. The van der Waals surface area contributed by atoms with Crippen LogP contribution in [-0.2, 0) is 0 Å². The summed E-state index contributed by atoms with van der Waals surface area (Å²) in [6, 6.07) is 6.00. The van der Waals surface area contributed by atoms with Gasteiger partial charge in [-0.05, 0) is 49.8 Å². The number of nitrogens with one attached hydrogen (secondary N) is 1. The van der Waals surface area contributed by atoms with Crippen molar-refractivity contribution in [3.63, 3.8) is 0 Å². The lowest BCUT2D eigenvalue weighted by atomic mass is 10.00. The van der Waals surface area contributed by atoms with Gasteiger partial charge in [0.25, 0.3) is 5.91 Å². The quantitative estimate of drug-likeness (QED) is 0.937. The van der Waals surface area contributed by atoms with Crippen LogP contribution in [0.5, 0.6) is 0 Å². The van der Waals surface area contributed by atoms with Crippen LogP contribution in [0.3, 0.4) is 0 Å². The summed E-state index contributed by atoms with van der Waals surface area (Å²) >= 11 is 0. The van der Waals surface area contributed by atoms with Crippen LogP contribution in [0, 0.1) is 19.8 Å². The molecule has 1 aliphatic heterocycles. The Balaban J connectivity index is 1.68. The van der Waals surface area contributed by atoms with Crippen LogP contribution in [0.2, 0.25) is 0 Å². The third kappa shape index (κ3) is 3.72. The van der Waals surface area contributed by atoms with Gasteiger partial charge in [0, 0.05) is 31.2 Å². The maximum absolute atomic E-state index is 12.4. The summed E-state index contributed by atoms with van der Waals surface area (Å²) in [5, 5.41) is 2.94. The summed E-state index contributed by atoms with van der Waals surface area (Å²) < 4.78 is 0. The van der Waals surface area contributed by atoms with Crippen LogP contribution in [0.1, 0.15) is 41.3 Å². The molecule has 1 saturated heterocycles. The average molecular weight is 324 g/mol. The number of rotatable bonds is 3.